The smallest absolute Gasteiger partial charge is 0.204 e. The zero-order chi connectivity index (χ0) is 11.7. The fourth-order valence-corrected chi connectivity index (χ4v) is 3.03. The van der Waals surface area contributed by atoms with Crippen LogP contribution in [-0.2, 0) is 0 Å². The first-order valence-electron chi connectivity index (χ1n) is 4.73. The summed E-state index contributed by atoms with van der Waals surface area (Å²) in [6.07, 6.45) is 0. The molecular formula is C12H10BrNOS. The molecule has 2 nitrogen and oxygen atoms in total. The van der Waals surface area contributed by atoms with Gasteiger partial charge in [0.2, 0.25) is 5.78 Å². The van der Waals surface area contributed by atoms with Gasteiger partial charge in [-0.1, -0.05) is 0 Å². The quantitative estimate of drug-likeness (QED) is 0.679. The van der Waals surface area contributed by atoms with E-state index in [1.807, 2.05) is 24.4 Å². The van der Waals surface area contributed by atoms with E-state index in [-0.39, 0.29) is 5.78 Å². The average molecular weight is 296 g/mol. The van der Waals surface area contributed by atoms with Crippen LogP contribution in [0.4, 0.5) is 5.69 Å². The average Bonchev–Trinajstić information content (AvgIpc) is 2.63. The zero-order valence-corrected chi connectivity index (χ0v) is 11.1. The second-order valence-electron chi connectivity index (χ2n) is 3.50. The Kier molecular flexibility index (Phi) is 3.12. The van der Waals surface area contributed by atoms with E-state index < -0.39 is 0 Å². The molecule has 0 saturated carbocycles. The first-order chi connectivity index (χ1) is 7.59. The molecular weight excluding hydrogens is 286 g/mol. The Morgan fingerprint density at radius 3 is 2.69 bits per heavy atom. The highest BCUT2D eigenvalue weighted by molar-refractivity contribution is 9.10. The Morgan fingerprint density at radius 2 is 2.12 bits per heavy atom. The van der Waals surface area contributed by atoms with Crippen LogP contribution in [0.5, 0.6) is 0 Å². The van der Waals surface area contributed by atoms with Crippen molar-refractivity contribution in [1.82, 2.24) is 0 Å². The molecule has 0 spiro atoms. The van der Waals surface area contributed by atoms with E-state index in [1.54, 1.807) is 12.1 Å². The molecule has 2 rings (SSSR count). The lowest BCUT2D eigenvalue weighted by atomic mass is 10.0. The molecule has 16 heavy (non-hydrogen) atoms. The number of aryl methyl sites for hydroxylation is 1. The van der Waals surface area contributed by atoms with Crippen molar-refractivity contribution in [1.29, 1.82) is 0 Å². The highest BCUT2D eigenvalue weighted by Gasteiger charge is 2.15. The van der Waals surface area contributed by atoms with E-state index >= 15 is 0 Å². The number of carbonyl (C=O) groups excluding carboxylic acids is 1. The van der Waals surface area contributed by atoms with E-state index in [2.05, 4.69) is 15.9 Å². The van der Waals surface area contributed by atoms with Crippen molar-refractivity contribution in [2.45, 2.75) is 6.92 Å². The van der Waals surface area contributed by atoms with Crippen LogP contribution in [0.2, 0.25) is 0 Å². The fraction of sp³-hybridized carbons (Fsp3) is 0.0833. The van der Waals surface area contributed by atoms with Crippen LogP contribution in [0.3, 0.4) is 0 Å². The molecule has 0 atom stereocenters. The number of nitrogens with two attached hydrogens (primary N) is 1. The maximum Gasteiger partial charge on any atom is 0.204 e. The van der Waals surface area contributed by atoms with Gasteiger partial charge in [-0.05, 0) is 58.1 Å². The highest BCUT2D eigenvalue weighted by atomic mass is 79.9. The largest absolute Gasteiger partial charge is 0.399 e. The summed E-state index contributed by atoms with van der Waals surface area (Å²) < 4.78 is 0.846. The molecule has 1 aromatic heterocycles. The predicted octanol–water partition coefficient (Wildman–Crippen LogP) is 3.63. The summed E-state index contributed by atoms with van der Waals surface area (Å²) in [5.74, 6) is 0.0411. The van der Waals surface area contributed by atoms with E-state index in [4.69, 9.17) is 5.73 Å². The van der Waals surface area contributed by atoms with Crippen LogP contribution in [0, 0.1) is 6.92 Å². The Bertz CT molecular complexity index is 548. The number of thiophene rings is 1. The number of nitrogen functional groups attached to an aromatic ring is 1. The van der Waals surface area contributed by atoms with Crippen LogP contribution in [0.25, 0.3) is 0 Å². The summed E-state index contributed by atoms with van der Waals surface area (Å²) in [6.45, 7) is 1.89. The third-order valence-electron chi connectivity index (χ3n) is 2.32. The molecule has 1 heterocycles. The van der Waals surface area contributed by atoms with Gasteiger partial charge in [-0.25, -0.2) is 0 Å². The van der Waals surface area contributed by atoms with Gasteiger partial charge in [-0.3, -0.25) is 4.79 Å². The van der Waals surface area contributed by atoms with Crippen molar-refractivity contribution in [3.05, 3.63) is 50.1 Å². The summed E-state index contributed by atoms with van der Waals surface area (Å²) in [7, 11) is 0. The lowest BCUT2D eigenvalue weighted by molar-refractivity contribution is 0.104. The van der Waals surface area contributed by atoms with Crippen molar-refractivity contribution < 1.29 is 4.79 Å². The molecule has 0 aliphatic rings. The second kappa shape index (κ2) is 4.39. The molecule has 0 aliphatic heterocycles. The summed E-state index contributed by atoms with van der Waals surface area (Å²) in [4.78, 5) is 12.9. The molecule has 82 valence electrons. The molecule has 0 amide bonds. The van der Waals surface area contributed by atoms with Gasteiger partial charge >= 0.3 is 0 Å². The van der Waals surface area contributed by atoms with Gasteiger partial charge in [0.05, 0.1) is 4.88 Å². The van der Waals surface area contributed by atoms with Crippen molar-refractivity contribution in [3.63, 3.8) is 0 Å². The Balaban J connectivity index is 2.46. The minimum Gasteiger partial charge on any atom is -0.399 e. The summed E-state index contributed by atoms with van der Waals surface area (Å²) in [6, 6.07) is 7.22. The van der Waals surface area contributed by atoms with Crippen LogP contribution in [0.15, 0.2) is 34.1 Å². The molecule has 0 aliphatic carbocycles. The molecule has 0 fully saturated rings. The first-order valence-corrected chi connectivity index (χ1v) is 6.40. The maximum atomic E-state index is 12.2. The van der Waals surface area contributed by atoms with Crippen molar-refractivity contribution in [2.75, 3.05) is 5.73 Å². The minimum absolute atomic E-state index is 0.0411. The number of rotatable bonds is 2. The van der Waals surface area contributed by atoms with E-state index in [9.17, 15) is 4.79 Å². The van der Waals surface area contributed by atoms with E-state index in [1.165, 1.54) is 11.3 Å². The number of anilines is 1. The molecule has 0 saturated heterocycles. The second-order valence-corrected chi connectivity index (χ2v) is 5.27. The topological polar surface area (TPSA) is 43.1 Å². The van der Waals surface area contributed by atoms with Crippen molar-refractivity contribution in [3.8, 4) is 0 Å². The van der Waals surface area contributed by atoms with E-state index in [0.29, 0.717) is 11.3 Å². The standard InChI is InChI=1S/C12H10BrNOS/c1-7-6-8(14)2-3-9(7)11(15)12-10(13)4-5-16-12/h2-6H,14H2,1H3. The van der Waals surface area contributed by atoms with Crippen LogP contribution < -0.4 is 5.73 Å². The van der Waals surface area contributed by atoms with Gasteiger partial charge in [0, 0.05) is 15.7 Å². The van der Waals surface area contributed by atoms with Crippen molar-refractivity contribution >= 4 is 38.7 Å². The van der Waals surface area contributed by atoms with Gasteiger partial charge in [0.1, 0.15) is 0 Å². The zero-order valence-electron chi connectivity index (χ0n) is 8.66. The molecule has 4 heteroatoms. The normalized spacial score (nSPS) is 10.4. The highest BCUT2D eigenvalue weighted by Crippen LogP contribution is 2.27. The summed E-state index contributed by atoms with van der Waals surface area (Å²) >= 11 is 4.81. The molecule has 2 N–H and O–H groups in total. The van der Waals surface area contributed by atoms with Gasteiger partial charge in [0.25, 0.3) is 0 Å². The van der Waals surface area contributed by atoms with E-state index in [0.717, 1.165) is 14.9 Å². The van der Waals surface area contributed by atoms with Crippen molar-refractivity contribution in [2.24, 2.45) is 0 Å². The van der Waals surface area contributed by atoms with Gasteiger partial charge in [-0.2, -0.15) is 0 Å². The maximum absolute atomic E-state index is 12.2. The Hall–Kier alpha value is -1.13. The number of hydrogen-bond acceptors (Lipinski definition) is 3. The minimum atomic E-state index is 0.0411. The van der Waals surface area contributed by atoms with Crippen LogP contribution in [0.1, 0.15) is 20.8 Å². The molecule has 0 unspecified atom stereocenters. The summed E-state index contributed by atoms with van der Waals surface area (Å²) in [5.41, 5.74) is 7.95. The molecule has 2 aromatic rings. The lowest BCUT2D eigenvalue weighted by Crippen LogP contribution is -2.02. The Labute approximate surface area is 106 Å². The van der Waals surface area contributed by atoms with Crippen LogP contribution >= 0.6 is 27.3 Å². The summed E-state index contributed by atoms with van der Waals surface area (Å²) in [5, 5.41) is 1.89. The number of halogens is 1. The number of ketones is 1. The van der Waals surface area contributed by atoms with Gasteiger partial charge in [0.15, 0.2) is 0 Å². The van der Waals surface area contributed by atoms with Gasteiger partial charge < -0.3 is 5.73 Å². The first kappa shape index (κ1) is 11.4. The third kappa shape index (κ3) is 2.03. The Morgan fingerprint density at radius 1 is 1.38 bits per heavy atom. The lowest BCUT2D eigenvalue weighted by Gasteiger charge is -2.04. The molecule has 0 bridgehead atoms. The third-order valence-corrected chi connectivity index (χ3v) is 4.15. The number of hydrogen-bond donors (Lipinski definition) is 1. The van der Waals surface area contributed by atoms with Gasteiger partial charge in [-0.15, -0.1) is 11.3 Å². The number of carbonyl (C=O) groups is 1. The fourth-order valence-electron chi connectivity index (χ4n) is 1.52. The predicted molar refractivity (Wildman–Crippen MR) is 71.0 cm³/mol. The number of benzene rings is 1. The molecule has 0 radical (unpaired) electrons. The SMILES string of the molecule is Cc1cc(N)ccc1C(=O)c1sccc1Br. The monoisotopic (exact) mass is 295 g/mol. The van der Waals surface area contributed by atoms with Crippen LogP contribution in [-0.4, -0.2) is 5.78 Å². The molecule has 1 aromatic carbocycles.